The first-order valence-electron chi connectivity index (χ1n) is 19.7. The van der Waals surface area contributed by atoms with Gasteiger partial charge in [0.1, 0.15) is 24.4 Å². The summed E-state index contributed by atoms with van der Waals surface area (Å²) < 4.78 is 9.10. The molecule has 4 rings (SSSR count). The van der Waals surface area contributed by atoms with Gasteiger partial charge in [-0.05, 0) is 57.0 Å². The molecule has 0 aromatic heterocycles. The highest BCUT2D eigenvalue weighted by Crippen LogP contribution is 2.42. The minimum atomic E-state index is -0.926. The molecule has 2 aromatic rings. The standard InChI is InChI=1S/C44H62N2O3/c1-5-9-10-11-12-13-14-15-16-17-18-19-20-21-22-25-32-46(8-4)36-29-31-40-42(34-36)49-41-33-35(45(6-2)7-3)28-30-39(41)43(40)37-26-23-24-27-38(37)44(47)48/h23-24,26-31,33-34H,5-22,25,32H2,1-4H3/p+1. The zero-order valence-corrected chi connectivity index (χ0v) is 31.1. The summed E-state index contributed by atoms with van der Waals surface area (Å²) in [4.78, 5) is 14.6. The molecular weight excluding hydrogens is 604 g/mol. The third-order valence-corrected chi connectivity index (χ3v) is 10.3. The van der Waals surface area contributed by atoms with Crippen molar-refractivity contribution in [2.24, 2.45) is 0 Å². The van der Waals surface area contributed by atoms with E-state index in [0.717, 1.165) is 65.1 Å². The number of fused-ring (bicyclic) bond motifs is 2. The summed E-state index contributed by atoms with van der Waals surface area (Å²) in [7, 11) is 0. The van der Waals surface area contributed by atoms with Crippen LogP contribution in [0.4, 0.5) is 5.69 Å². The van der Waals surface area contributed by atoms with E-state index >= 15 is 0 Å². The number of carboxylic acid groups (broad SMARTS) is 1. The van der Waals surface area contributed by atoms with Crippen molar-refractivity contribution in [1.29, 1.82) is 0 Å². The lowest BCUT2D eigenvalue weighted by Gasteiger charge is -2.22. The van der Waals surface area contributed by atoms with E-state index in [1.807, 2.05) is 12.1 Å². The van der Waals surface area contributed by atoms with Gasteiger partial charge in [-0.25, -0.2) is 9.37 Å². The van der Waals surface area contributed by atoms with E-state index in [9.17, 15) is 9.90 Å². The van der Waals surface area contributed by atoms with Gasteiger partial charge in [0.25, 0.3) is 0 Å². The second kappa shape index (κ2) is 20.8. The van der Waals surface area contributed by atoms with E-state index < -0.39 is 5.97 Å². The van der Waals surface area contributed by atoms with Gasteiger partial charge < -0.3 is 14.4 Å². The molecular formula is C44H63N2O3+. The highest BCUT2D eigenvalue weighted by Gasteiger charge is 2.22. The van der Waals surface area contributed by atoms with E-state index in [4.69, 9.17) is 4.42 Å². The zero-order chi connectivity index (χ0) is 34.8. The lowest BCUT2D eigenvalue weighted by Crippen LogP contribution is -2.30. The number of carbonyl (C=O) groups is 1. The van der Waals surface area contributed by atoms with Crippen molar-refractivity contribution >= 4 is 22.6 Å². The van der Waals surface area contributed by atoms with E-state index in [0.29, 0.717) is 11.1 Å². The van der Waals surface area contributed by atoms with Crippen LogP contribution in [0.5, 0.6) is 0 Å². The van der Waals surface area contributed by atoms with Crippen molar-refractivity contribution in [1.82, 2.24) is 4.58 Å². The van der Waals surface area contributed by atoms with Crippen LogP contribution in [0, 0.1) is 0 Å². The lowest BCUT2D eigenvalue weighted by molar-refractivity contribution is 0.0697. The average Bonchev–Trinajstić information content (AvgIpc) is 3.12. The third kappa shape index (κ3) is 10.9. The molecule has 5 nitrogen and oxygen atoms in total. The minimum absolute atomic E-state index is 0.298. The van der Waals surface area contributed by atoms with Crippen LogP contribution in [0.2, 0.25) is 0 Å². The molecule has 0 saturated heterocycles. The van der Waals surface area contributed by atoms with Crippen LogP contribution in [-0.4, -0.2) is 37.3 Å². The van der Waals surface area contributed by atoms with E-state index in [2.05, 4.69) is 73.6 Å². The highest BCUT2D eigenvalue weighted by molar-refractivity contribution is 6.07. The van der Waals surface area contributed by atoms with Crippen molar-refractivity contribution in [2.75, 3.05) is 31.1 Å². The molecule has 0 unspecified atom stereocenters. The first-order chi connectivity index (χ1) is 24.0. The molecule has 1 aliphatic heterocycles. The Morgan fingerprint density at radius 3 is 1.84 bits per heavy atom. The molecule has 1 N–H and O–H groups in total. The number of unbranched alkanes of at least 4 members (excludes halogenated alkanes) is 15. The van der Waals surface area contributed by atoms with Gasteiger partial charge in [-0.2, -0.15) is 0 Å². The summed E-state index contributed by atoms with van der Waals surface area (Å²) in [6.07, 6.45) is 22.0. The number of anilines is 1. The first-order valence-corrected chi connectivity index (χ1v) is 19.7. The van der Waals surface area contributed by atoms with Gasteiger partial charge in [-0.15, -0.1) is 0 Å². The molecule has 5 heteroatoms. The van der Waals surface area contributed by atoms with E-state index in [-0.39, 0.29) is 0 Å². The van der Waals surface area contributed by atoms with Gasteiger partial charge in [-0.3, -0.25) is 0 Å². The van der Waals surface area contributed by atoms with Gasteiger partial charge in [0, 0.05) is 53.8 Å². The molecule has 266 valence electrons. The van der Waals surface area contributed by atoms with Gasteiger partial charge in [-0.1, -0.05) is 115 Å². The molecule has 1 aliphatic carbocycles. The predicted octanol–water partition coefficient (Wildman–Crippen LogP) is 11.8. The Kier molecular flexibility index (Phi) is 16.2. The quantitative estimate of drug-likeness (QED) is 0.0486. The van der Waals surface area contributed by atoms with Gasteiger partial charge in [0.15, 0.2) is 0 Å². The Labute approximate surface area is 296 Å². The molecule has 0 saturated carbocycles. The number of rotatable bonds is 23. The molecule has 0 atom stereocenters. The second-order valence-corrected chi connectivity index (χ2v) is 13.7. The van der Waals surface area contributed by atoms with Gasteiger partial charge >= 0.3 is 5.97 Å². The molecule has 1 heterocycles. The number of carboxylic acids is 1. The fraction of sp³-hybridized carbons (Fsp3) is 0.545. The summed E-state index contributed by atoms with van der Waals surface area (Å²) in [6, 6.07) is 20.1. The molecule has 2 aromatic carbocycles. The fourth-order valence-electron chi connectivity index (χ4n) is 7.35. The van der Waals surface area contributed by atoms with Crippen LogP contribution in [0.1, 0.15) is 141 Å². The summed E-state index contributed by atoms with van der Waals surface area (Å²) in [5.74, 6) is -0.146. The maximum absolute atomic E-state index is 12.3. The van der Waals surface area contributed by atoms with Crippen LogP contribution < -0.4 is 14.8 Å². The summed E-state index contributed by atoms with van der Waals surface area (Å²) in [5, 5.41) is 12.2. The van der Waals surface area contributed by atoms with Crippen molar-refractivity contribution in [3.63, 3.8) is 0 Å². The molecule has 0 spiro atoms. The topological polar surface area (TPSA) is 56.7 Å². The molecule has 49 heavy (non-hydrogen) atoms. The van der Waals surface area contributed by atoms with Crippen molar-refractivity contribution in [3.8, 4) is 22.5 Å². The largest absolute Gasteiger partial charge is 0.478 e. The summed E-state index contributed by atoms with van der Waals surface area (Å²) >= 11 is 0. The Balaban J connectivity index is 1.42. The monoisotopic (exact) mass is 667 g/mol. The SMILES string of the molecule is CCCCCCCCCCCCCCCCCC[N+](CC)=c1ccc2c(-c3ccccc3C(=O)O)c3ccc(N(CC)CC)cc3oc-2c1. The number of hydrogen-bond donors (Lipinski definition) is 1. The fourth-order valence-corrected chi connectivity index (χ4v) is 7.35. The molecule has 2 aliphatic rings. The van der Waals surface area contributed by atoms with Gasteiger partial charge in [0.05, 0.1) is 11.6 Å². The maximum atomic E-state index is 12.3. The maximum Gasteiger partial charge on any atom is 0.336 e. The van der Waals surface area contributed by atoms with Crippen molar-refractivity contribution in [2.45, 2.75) is 130 Å². The Bertz CT molecular complexity index is 1620. The smallest absolute Gasteiger partial charge is 0.336 e. The van der Waals surface area contributed by atoms with Crippen LogP contribution >= 0.6 is 0 Å². The lowest BCUT2D eigenvalue weighted by atomic mass is 9.90. The summed E-state index contributed by atoms with van der Waals surface area (Å²) in [5.41, 5.74) is 4.72. The summed E-state index contributed by atoms with van der Waals surface area (Å²) in [6.45, 7) is 12.6. The second-order valence-electron chi connectivity index (χ2n) is 13.7. The van der Waals surface area contributed by atoms with Crippen LogP contribution in [0.15, 0.2) is 65.1 Å². The van der Waals surface area contributed by atoms with Crippen LogP contribution in [0.25, 0.3) is 33.4 Å². The number of aromatic carboxylic acids is 1. The highest BCUT2D eigenvalue weighted by atomic mass is 16.4. The normalized spacial score (nSPS) is 12.2. The Morgan fingerprint density at radius 2 is 1.27 bits per heavy atom. The van der Waals surface area contributed by atoms with Crippen molar-refractivity contribution < 1.29 is 14.3 Å². The zero-order valence-electron chi connectivity index (χ0n) is 31.1. The van der Waals surface area contributed by atoms with Crippen LogP contribution in [0.3, 0.4) is 0 Å². The Morgan fingerprint density at radius 1 is 0.673 bits per heavy atom. The third-order valence-electron chi connectivity index (χ3n) is 10.3. The number of hydrogen-bond acceptors (Lipinski definition) is 3. The van der Waals surface area contributed by atoms with Crippen molar-refractivity contribution in [3.05, 3.63) is 71.6 Å². The molecule has 0 fully saturated rings. The molecule has 0 amide bonds. The van der Waals surface area contributed by atoms with Crippen LogP contribution in [-0.2, 0) is 0 Å². The minimum Gasteiger partial charge on any atom is -0.478 e. The molecule has 0 bridgehead atoms. The van der Waals surface area contributed by atoms with E-state index in [1.165, 1.54) is 103 Å². The predicted molar refractivity (Wildman–Crippen MR) is 209 cm³/mol. The number of benzene rings is 3. The van der Waals surface area contributed by atoms with E-state index in [1.54, 1.807) is 12.1 Å². The molecule has 0 radical (unpaired) electrons. The first kappa shape index (κ1) is 38.2. The number of nitrogens with zero attached hydrogens (tertiary/aromatic N) is 2. The average molecular weight is 668 g/mol. The van der Waals surface area contributed by atoms with Gasteiger partial charge in [0.2, 0.25) is 5.36 Å². The Hall–Kier alpha value is -3.60.